The number of hydrogen-bond donors (Lipinski definition) is 2. The smallest absolute Gasteiger partial charge is 0.414 e. The molecule has 0 heterocycles. The van der Waals surface area contributed by atoms with Crippen molar-refractivity contribution in [3.8, 4) is 0 Å². The summed E-state index contributed by atoms with van der Waals surface area (Å²) in [5.41, 5.74) is -1.13. The molecule has 0 aliphatic heterocycles. The minimum absolute atomic E-state index is 0.0965. The number of carboxylic acids is 1. The molecular formula is C13H20F3NO3. The lowest BCUT2D eigenvalue weighted by atomic mass is 9.79. The first-order valence-electron chi connectivity index (χ1n) is 6.96. The molecule has 2 N–H and O–H groups in total. The van der Waals surface area contributed by atoms with Crippen LogP contribution in [0.15, 0.2) is 0 Å². The first-order valence-corrected chi connectivity index (χ1v) is 6.96. The summed E-state index contributed by atoms with van der Waals surface area (Å²) in [7, 11) is 0. The molecule has 4 nitrogen and oxygen atoms in total. The van der Waals surface area contributed by atoms with Crippen molar-refractivity contribution in [2.75, 3.05) is 0 Å². The Morgan fingerprint density at radius 1 is 1.40 bits per heavy atom. The van der Waals surface area contributed by atoms with E-state index in [0.717, 1.165) is 19.8 Å². The Labute approximate surface area is 115 Å². The van der Waals surface area contributed by atoms with Crippen molar-refractivity contribution in [3.63, 3.8) is 0 Å². The topological polar surface area (TPSA) is 58.6 Å². The zero-order valence-corrected chi connectivity index (χ0v) is 11.4. The second kappa shape index (κ2) is 5.52. The van der Waals surface area contributed by atoms with E-state index in [4.69, 9.17) is 4.74 Å². The van der Waals surface area contributed by atoms with E-state index in [0.29, 0.717) is 19.3 Å². The molecule has 0 aromatic carbocycles. The van der Waals surface area contributed by atoms with Gasteiger partial charge in [0.05, 0.1) is 6.10 Å². The predicted octanol–water partition coefficient (Wildman–Crippen LogP) is 2.47. The van der Waals surface area contributed by atoms with E-state index in [2.05, 4.69) is 5.32 Å². The predicted molar refractivity (Wildman–Crippen MR) is 65.4 cm³/mol. The van der Waals surface area contributed by atoms with E-state index in [1.165, 1.54) is 0 Å². The number of carbonyl (C=O) groups is 1. The first-order chi connectivity index (χ1) is 9.23. The van der Waals surface area contributed by atoms with E-state index in [1.807, 2.05) is 0 Å². The highest BCUT2D eigenvalue weighted by Gasteiger charge is 2.48. The van der Waals surface area contributed by atoms with Crippen LogP contribution in [-0.2, 0) is 9.53 Å². The van der Waals surface area contributed by atoms with Crippen molar-refractivity contribution in [1.82, 2.24) is 5.32 Å². The Bertz CT molecular complexity index is 370. The van der Waals surface area contributed by atoms with Gasteiger partial charge < -0.3 is 9.84 Å². The Kier molecular flexibility index (Phi) is 4.30. The fourth-order valence-corrected chi connectivity index (χ4v) is 2.71. The van der Waals surface area contributed by atoms with Gasteiger partial charge in [0.2, 0.25) is 0 Å². The standard InChI is InChI=1S/C13H20F3NO3/c1-8(13(14,15)16)20-10-3-2-6-12(7-10,11(18)19)17-9-4-5-9/h8-10,17H,2-7H2,1H3,(H,18,19). The van der Waals surface area contributed by atoms with Crippen LogP contribution in [0.1, 0.15) is 45.4 Å². The van der Waals surface area contributed by atoms with E-state index in [-0.39, 0.29) is 12.5 Å². The number of alkyl halides is 3. The lowest BCUT2D eigenvalue weighted by molar-refractivity contribution is -0.231. The van der Waals surface area contributed by atoms with Crippen molar-refractivity contribution in [2.45, 2.75) is 75.4 Å². The van der Waals surface area contributed by atoms with Crippen LogP contribution in [0.2, 0.25) is 0 Å². The van der Waals surface area contributed by atoms with Gasteiger partial charge in [-0.25, -0.2) is 0 Å². The maximum absolute atomic E-state index is 12.5. The molecule has 0 saturated heterocycles. The number of hydrogen-bond acceptors (Lipinski definition) is 3. The first kappa shape index (κ1) is 15.6. The largest absolute Gasteiger partial charge is 0.480 e. The van der Waals surface area contributed by atoms with Gasteiger partial charge >= 0.3 is 12.1 Å². The van der Waals surface area contributed by atoms with Crippen molar-refractivity contribution < 1.29 is 27.8 Å². The van der Waals surface area contributed by atoms with Crippen molar-refractivity contribution >= 4 is 5.97 Å². The van der Waals surface area contributed by atoms with Crippen LogP contribution in [0, 0.1) is 0 Å². The Morgan fingerprint density at radius 3 is 2.55 bits per heavy atom. The third kappa shape index (κ3) is 3.63. The van der Waals surface area contributed by atoms with Gasteiger partial charge in [0, 0.05) is 12.5 Å². The normalized spacial score (nSPS) is 32.9. The molecule has 0 aromatic rings. The summed E-state index contributed by atoms with van der Waals surface area (Å²) in [5.74, 6) is -0.989. The lowest BCUT2D eigenvalue weighted by Gasteiger charge is -2.39. The number of carboxylic acid groups (broad SMARTS) is 1. The molecule has 0 aromatic heterocycles. The number of nitrogens with one attached hydrogen (secondary N) is 1. The SMILES string of the molecule is CC(OC1CCCC(NC2CC2)(C(=O)O)C1)C(F)(F)F. The molecule has 7 heteroatoms. The average Bonchev–Trinajstić information content (AvgIpc) is 3.11. The molecule has 0 amide bonds. The molecule has 3 unspecified atom stereocenters. The lowest BCUT2D eigenvalue weighted by Crippen LogP contribution is -2.57. The third-order valence-corrected chi connectivity index (χ3v) is 4.03. The monoisotopic (exact) mass is 295 g/mol. The second-order valence-electron chi connectivity index (χ2n) is 5.84. The molecule has 2 aliphatic rings. The Hall–Kier alpha value is -0.820. The summed E-state index contributed by atoms with van der Waals surface area (Å²) in [5, 5.41) is 12.5. The van der Waals surface area contributed by atoms with Gasteiger partial charge in [0.25, 0.3) is 0 Å². The van der Waals surface area contributed by atoms with Crippen LogP contribution >= 0.6 is 0 Å². The molecule has 2 saturated carbocycles. The molecule has 0 radical (unpaired) electrons. The van der Waals surface area contributed by atoms with Gasteiger partial charge in [0.15, 0.2) is 6.10 Å². The molecule has 2 rings (SSSR count). The molecule has 3 atom stereocenters. The number of halogens is 3. The van der Waals surface area contributed by atoms with Crippen molar-refractivity contribution in [3.05, 3.63) is 0 Å². The summed E-state index contributed by atoms with van der Waals surface area (Å²) < 4.78 is 42.6. The summed E-state index contributed by atoms with van der Waals surface area (Å²) >= 11 is 0. The van der Waals surface area contributed by atoms with Crippen LogP contribution in [0.5, 0.6) is 0 Å². The molecule has 2 aliphatic carbocycles. The molecule has 0 bridgehead atoms. The summed E-state index contributed by atoms with van der Waals surface area (Å²) in [4.78, 5) is 11.5. The highest BCUT2D eigenvalue weighted by molar-refractivity contribution is 5.79. The minimum Gasteiger partial charge on any atom is -0.480 e. The van der Waals surface area contributed by atoms with Gasteiger partial charge in [-0.2, -0.15) is 13.2 Å². The van der Waals surface area contributed by atoms with Crippen LogP contribution < -0.4 is 5.32 Å². The van der Waals surface area contributed by atoms with Gasteiger partial charge in [-0.1, -0.05) is 0 Å². The van der Waals surface area contributed by atoms with Crippen molar-refractivity contribution in [2.24, 2.45) is 0 Å². The minimum atomic E-state index is -4.41. The summed E-state index contributed by atoms with van der Waals surface area (Å²) in [6.45, 7) is 0.964. The second-order valence-corrected chi connectivity index (χ2v) is 5.84. The molecule has 0 spiro atoms. The molecule has 116 valence electrons. The molecular weight excluding hydrogens is 275 g/mol. The summed E-state index contributed by atoms with van der Waals surface area (Å²) in [6, 6.07) is 0.185. The van der Waals surface area contributed by atoms with Crippen LogP contribution in [0.4, 0.5) is 13.2 Å². The number of aliphatic carboxylic acids is 1. The van der Waals surface area contributed by atoms with Gasteiger partial charge in [0.1, 0.15) is 5.54 Å². The highest BCUT2D eigenvalue weighted by Crippen LogP contribution is 2.36. The van der Waals surface area contributed by atoms with E-state index < -0.39 is 29.9 Å². The highest BCUT2D eigenvalue weighted by atomic mass is 19.4. The number of rotatable bonds is 5. The third-order valence-electron chi connectivity index (χ3n) is 4.03. The quantitative estimate of drug-likeness (QED) is 0.818. The van der Waals surface area contributed by atoms with E-state index >= 15 is 0 Å². The maximum atomic E-state index is 12.5. The van der Waals surface area contributed by atoms with Crippen LogP contribution in [0.3, 0.4) is 0 Å². The fourth-order valence-electron chi connectivity index (χ4n) is 2.71. The zero-order chi connectivity index (χ0) is 15.0. The van der Waals surface area contributed by atoms with Crippen LogP contribution in [-0.4, -0.2) is 41.0 Å². The zero-order valence-electron chi connectivity index (χ0n) is 11.4. The van der Waals surface area contributed by atoms with Gasteiger partial charge in [-0.15, -0.1) is 0 Å². The summed E-state index contributed by atoms with van der Waals surface area (Å²) in [6.07, 6.45) is -3.51. The Balaban J connectivity index is 2.00. The van der Waals surface area contributed by atoms with Crippen LogP contribution in [0.25, 0.3) is 0 Å². The number of ether oxygens (including phenoxy) is 1. The van der Waals surface area contributed by atoms with Gasteiger partial charge in [-0.3, -0.25) is 10.1 Å². The van der Waals surface area contributed by atoms with E-state index in [9.17, 15) is 23.1 Å². The van der Waals surface area contributed by atoms with E-state index in [1.54, 1.807) is 0 Å². The maximum Gasteiger partial charge on any atom is 0.414 e. The average molecular weight is 295 g/mol. The fraction of sp³-hybridized carbons (Fsp3) is 0.923. The molecule has 20 heavy (non-hydrogen) atoms. The molecule has 2 fully saturated rings. The van der Waals surface area contributed by atoms with Gasteiger partial charge in [-0.05, 0) is 39.0 Å². The van der Waals surface area contributed by atoms with Crippen molar-refractivity contribution in [1.29, 1.82) is 0 Å². The Morgan fingerprint density at radius 2 is 2.05 bits per heavy atom.